The van der Waals surface area contributed by atoms with Crippen LogP contribution in [0.3, 0.4) is 0 Å². The zero-order valence-corrected chi connectivity index (χ0v) is 25.0. The van der Waals surface area contributed by atoms with Gasteiger partial charge in [0.05, 0.1) is 25.5 Å². The molecule has 3 heterocycles. The van der Waals surface area contributed by atoms with Crippen LogP contribution in [0.1, 0.15) is 32.0 Å². The Morgan fingerprint density at radius 3 is 2.59 bits per heavy atom. The lowest BCUT2D eigenvalue weighted by Crippen LogP contribution is -2.52. The molecule has 1 saturated heterocycles. The first-order valence-electron chi connectivity index (χ1n) is 13.5. The number of benzene rings is 2. The van der Waals surface area contributed by atoms with Gasteiger partial charge in [-0.05, 0) is 36.9 Å². The molecule has 0 radical (unpaired) electrons. The summed E-state index contributed by atoms with van der Waals surface area (Å²) < 4.78 is 50.9. The number of carbonyl (C=O) groups is 4. The van der Waals surface area contributed by atoms with Crippen LogP contribution in [0.25, 0.3) is 11.0 Å². The van der Waals surface area contributed by atoms with Crippen molar-refractivity contribution in [1.82, 2.24) is 30.5 Å². The largest absolute Gasteiger partial charge is 0.497 e. The number of methoxy groups -OCH3 is 1. The lowest BCUT2D eigenvalue weighted by atomic mass is 9.95. The zero-order valence-electron chi connectivity index (χ0n) is 24.2. The lowest BCUT2D eigenvalue weighted by molar-refractivity contribution is -0.125. The molecule has 4 N–H and O–H groups in total. The van der Waals surface area contributed by atoms with Crippen molar-refractivity contribution in [2.75, 3.05) is 53.1 Å². The maximum absolute atomic E-state index is 15.0. The van der Waals surface area contributed by atoms with E-state index in [-0.39, 0.29) is 49.0 Å². The van der Waals surface area contributed by atoms with Gasteiger partial charge in [0.1, 0.15) is 22.9 Å². The van der Waals surface area contributed by atoms with E-state index in [9.17, 15) is 27.6 Å². The fourth-order valence-corrected chi connectivity index (χ4v) is 5.63. The van der Waals surface area contributed by atoms with Crippen LogP contribution in [0.4, 0.5) is 9.18 Å². The van der Waals surface area contributed by atoms with Gasteiger partial charge in [-0.1, -0.05) is 6.07 Å². The number of imide groups is 1. The Morgan fingerprint density at radius 2 is 1.91 bits per heavy atom. The SMILES string of the molecule is COc1ccc2c(c1)C(=O)N(C[C@@]1(c3cc4cc(C(=O)NCCN(C)CCNS(C)(=O)=O)c(F)cc4o3)NC(=O)NC1=O)C2. The van der Waals surface area contributed by atoms with Crippen molar-refractivity contribution < 1.29 is 41.1 Å². The molecule has 2 aliphatic heterocycles. The predicted molar refractivity (Wildman–Crippen MR) is 155 cm³/mol. The summed E-state index contributed by atoms with van der Waals surface area (Å²) in [5.41, 5.74) is -0.924. The summed E-state index contributed by atoms with van der Waals surface area (Å²) in [5.74, 6) is -2.23. The van der Waals surface area contributed by atoms with Gasteiger partial charge in [-0.25, -0.2) is 22.3 Å². The molecule has 2 aliphatic rings. The summed E-state index contributed by atoms with van der Waals surface area (Å²) in [6, 6.07) is 8.00. The van der Waals surface area contributed by atoms with Crippen molar-refractivity contribution in [2.24, 2.45) is 0 Å². The smallest absolute Gasteiger partial charge is 0.322 e. The maximum Gasteiger partial charge on any atom is 0.322 e. The maximum atomic E-state index is 15.0. The highest BCUT2D eigenvalue weighted by Crippen LogP contribution is 2.35. The van der Waals surface area contributed by atoms with Gasteiger partial charge < -0.3 is 29.6 Å². The second-order valence-corrected chi connectivity index (χ2v) is 12.5. The summed E-state index contributed by atoms with van der Waals surface area (Å²) in [7, 11) is -0.0819. The number of urea groups is 1. The minimum atomic E-state index is -3.31. The monoisotopic (exact) mass is 630 g/mol. The standard InChI is InChI=1S/C28H31FN6O8S/c1-34(9-7-31-44(3,40)41)8-6-30-24(36)20-10-17-11-23(43-22(17)13-21(20)29)28(26(38)32-27(39)33-28)15-35-14-16-4-5-18(42-2)12-19(16)25(35)37/h4-5,10-13,31H,6-9,14-15H2,1-3H3,(H,30,36)(H2,32,33,38,39)/t28-/m0/s1. The van der Waals surface area contributed by atoms with Crippen molar-refractivity contribution in [1.29, 1.82) is 0 Å². The van der Waals surface area contributed by atoms with Crippen molar-refractivity contribution in [2.45, 2.75) is 12.1 Å². The minimum Gasteiger partial charge on any atom is -0.497 e. The lowest BCUT2D eigenvalue weighted by Gasteiger charge is -2.29. The number of likely N-dealkylation sites (N-methyl/N-ethyl adjacent to an activating group) is 1. The predicted octanol–water partition coefficient (Wildman–Crippen LogP) is 0.482. The highest BCUT2D eigenvalue weighted by Gasteiger charge is 2.53. The van der Waals surface area contributed by atoms with E-state index in [1.165, 1.54) is 24.1 Å². The Morgan fingerprint density at radius 1 is 1.16 bits per heavy atom. The van der Waals surface area contributed by atoms with Crippen LogP contribution in [-0.2, 0) is 26.9 Å². The van der Waals surface area contributed by atoms with E-state index in [2.05, 4.69) is 20.7 Å². The van der Waals surface area contributed by atoms with Crippen LogP contribution < -0.4 is 25.4 Å². The van der Waals surface area contributed by atoms with Gasteiger partial charge >= 0.3 is 6.03 Å². The van der Waals surface area contributed by atoms with Gasteiger partial charge in [0.25, 0.3) is 17.7 Å². The van der Waals surface area contributed by atoms with Crippen LogP contribution in [0.5, 0.6) is 5.75 Å². The molecule has 0 aliphatic carbocycles. The molecule has 1 atom stereocenters. The van der Waals surface area contributed by atoms with E-state index in [1.54, 1.807) is 30.1 Å². The number of amides is 5. The number of rotatable bonds is 12. The zero-order chi connectivity index (χ0) is 31.8. The molecule has 44 heavy (non-hydrogen) atoms. The Hall–Kier alpha value is -4.54. The van der Waals surface area contributed by atoms with Crippen LogP contribution in [0.2, 0.25) is 0 Å². The fourth-order valence-electron chi connectivity index (χ4n) is 5.17. The van der Waals surface area contributed by atoms with Crippen molar-refractivity contribution in [3.05, 3.63) is 64.7 Å². The summed E-state index contributed by atoms with van der Waals surface area (Å²) in [6.07, 6.45) is 1.06. The molecule has 5 amide bonds. The molecule has 0 bridgehead atoms. The number of fused-ring (bicyclic) bond motifs is 2. The molecule has 3 aromatic rings. The molecule has 5 rings (SSSR count). The number of ether oxygens (including phenoxy) is 1. The van der Waals surface area contributed by atoms with Gasteiger partial charge in [0, 0.05) is 49.7 Å². The van der Waals surface area contributed by atoms with Crippen LogP contribution in [-0.4, -0.2) is 95.1 Å². The number of sulfonamides is 1. The van der Waals surface area contributed by atoms with E-state index < -0.39 is 39.2 Å². The van der Waals surface area contributed by atoms with E-state index in [4.69, 9.17) is 9.15 Å². The first-order chi connectivity index (χ1) is 20.8. The second-order valence-electron chi connectivity index (χ2n) is 10.7. The molecule has 14 nitrogen and oxygen atoms in total. The highest BCUT2D eigenvalue weighted by atomic mass is 32.2. The Kier molecular flexibility index (Phi) is 8.33. The third-order valence-corrected chi connectivity index (χ3v) is 8.20. The number of nitrogens with one attached hydrogen (secondary N) is 4. The Bertz CT molecular complexity index is 1780. The highest BCUT2D eigenvalue weighted by molar-refractivity contribution is 7.88. The van der Waals surface area contributed by atoms with Crippen molar-refractivity contribution in [3.8, 4) is 5.75 Å². The molecule has 2 aromatic carbocycles. The molecule has 1 aromatic heterocycles. The molecule has 0 unspecified atom stereocenters. The van der Waals surface area contributed by atoms with Gasteiger partial charge in [-0.2, -0.15) is 0 Å². The molecular formula is C28H31FN6O8S. The van der Waals surface area contributed by atoms with E-state index in [0.717, 1.165) is 17.9 Å². The average Bonchev–Trinajstić information content (AvgIpc) is 3.60. The molecule has 16 heteroatoms. The number of hydrogen-bond acceptors (Lipinski definition) is 9. The van der Waals surface area contributed by atoms with Gasteiger partial charge in [-0.15, -0.1) is 0 Å². The molecule has 1 fully saturated rings. The third kappa shape index (κ3) is 6.22. The van der Waals surface area contributed by atoms with Crippen LogP contribution in [0.15, 0.2) is 40.8 Å². The number of carbonyl (C=O) groups excluding carboxylic acids is 4. The Labute approximate surface area is 251 Å². The van der Waals surface area contributed by atoms with Crippen LogP contribution >= 0.6 is 0 Å². The second kappa shape index (κ2) is 11.9. The molecular weight excluding hydrogens is 599 g/mol. The first-order valence-corrected chi connectivity index (χ1v) is 15.4. The average molecular weight is 631 g/mol. The normalized spacial score (nSPS) is 18.1. The molecule has 0 saturated carbocycles. The quantitative estimate of drug-likeness (QED) is 0.207. The van der Waals surface area contributed by atoms with Gasteiger partial charge in [0.2, 0.25) is 10.0 Å². The molecule has 0 spiro atoms. The summed E-state index contributed by atoms with van der Waals surface area (Å²) in [6.45, 7) is 1.03. The van der Waals surface area contributed by atoms with E-state index >= 15 is 4.39 Å². The fraction of sp³-hybridized carbons (Fsp3) is 0.357. The number of hydrogen-bond donors (Lipinski definition) is 4. The van der Waals surface area contributed by atoms with Gasteiger partial charge in [-0.3, -0.25) is 19.7 Å². The van der Waals surface area contributed by atoms with Crippen molar-refractivity contribution >= 4 is 44.7 Å². The minimum absolute atomic E-state index is 0.0289. The number of halogens is 1. The van der Waals surface area contributed by atoms with Gasteiger partial charge in [0.15, 0.2) is 5.54 Å². The molecule has 234 valence electrons. The first kappa shape index (κ1) is 30.9. The third-order valence-electron chi connectivity index (χ3n) is 7.47. The van der Waals surface area contributed by atoms with E-state index in [1.807, 2.05) is 0 Å². The summed E-state index contributed by atoms with van der Waals surface area (Å²) in [4.78, 5) is 54.7. The van der Waals surface area contributed by atoms with Crippen LogP contribution in [0, 0.1) is 5.82 Å². The topological polar surface area (TPSA) is 179 Å². The number of nitrogens with zero attached hydrogens (tertiary/aromatic N) is 2. The number of furan rings is 1. The summed E-state index contributed by atoms with van der Waals surface area (Å²) in [5, 5.41) is 7.69. The Balaban J connectivity index is 1.33. The van der Waals surface area contributed by atoms with Crippen molar-refractivity contribution in [3.63, 3.8) is 0 Å². The van der Waals surface area contributed by atoms with E-state index in [0.29, 0.717) is 29.8 Å². The summed E-state index contributed by atoms with van der Waals surface area (Å²) >= 11 is 0.